The molecule has 0 unspecified atom stereocenters. The number of carbonyl (C=O) groups is 1. The molecule has 0 aliphatic carbocycles. The Labute approximate surface area is 56.1 Å². The SMILES string of the molecule is O=C(O)CCCOBr. The quantitative estimate of drug-likeness (QED) is 0.665. The molecule has 0 aromatic carbocycles. The second-order valence-electron chi connectivity index (χ2n) is 1.31. The maximum atomic E-state index is 9.80. The minimum atomic E-state index is -0.783. The third kappa shape index (κ3) is 5.91. The Balaban J connectivity index is 2.82. The molecule has 0 saturated heterocycles. The van der Waals surface area contributed by atoms with Crippen LogP contribution in [0.5, 0.6) is 0 Å². The van der Waals surface area contributed by atoms with E-state index in [0.717, 1.165) is 0 Å². The highest BCUT2D eigenvalue weighted by Crippen LogP contribution is 1.92. The maximum Gasteiger partial charge on any atom is 0.303 e. The first-order valence-corrected chi connectivity index (χ1v) is 2.87. The van der Waals surface area contributed by atoms with Crippen LogP contribution in [0, 0.1) is 0 Å². The van der Waals surface area contributed by atoms with Crippen molar-refractivity contribution in [3.8, 4) is 0 Å². The first-order chi connectivity index (χ1) is 3.77. The highest BCUT2D eigenvalue weighted by molar-refractivity contribution is 9.06. The molecular formula is C4H7BrO3. The molecule has 1 N–H and O–H groups in total. The van der Waals surface area contributed by atoms with Gasteiger partial charge in [0.1, 0.15) is 0 Å². The van der Waals surface area contributed by atoms with Gasteiger partial charge in [-0.1, -0.05) is 0 Å². The number of carboxylic acid groups (broad SMARTS) is 1. The number of halogens is 1. The molecule has 0 aliphatic heterocycles. The second-order valence-corrected chi connectivity index (χ2v) is 1.77. The molecule has 8 heavy (non-hydrogen) atoms. The maximum absolute atomic E-state index is 9.80. The molecule has 0 fully saturated rings. The molecular weight excluding hydrogens is 176 g/mol. The third-order valence-corrected chi connectivity index (χ3v) is 0.936. The van der Waals surface area contributed by atoms with Gasteiger partial charge >= 0.3 is 5.97 Å². The monoisotopic (exact) mass is 182 g/mol. The smallest absolute Gasteiger partial charge is 0.303 e. The van der Waals surface area contributed by atoms with Crippen molar-refractivity contribution in [2.24, 2.45) is 0 Å². The van der Waals surface area contributed by atoms with Crippen LogP contribution in [0.1, 0.15) is 12.8 Å². The lowest BCUT2D eigenvalue weighted by atomic mass is 10.3. The molecule has 0 saturated carbocycles. The van der Waals surface area contributed by atoms with E-state index in [0.29, 0.717) is 13.0 Å². The molecule has 4 heteroatoms. The summed E-state index contributed by atoms with van der Waals surface area (Å²) in [7, 11) is 0. The summed E-state index contributed by atoms with van der Waals surface area (Å²) in [5.74, 6) is -0.783. The van der Waals surface area contributed by atoms with E-state index in [2.05, 4.69) is 20.1 Å². The summed E-state index contributed by atoms with van der Waals surface area (Å²) in [6, 6.07) is 0. The first kappa shape index (κ1) is 7.91. The molecule has 48 valence electrons. The summed E-state index contributed by atoms with van der Waals surface area (Å²) < 4.78 is 4.44. The van der Waals surface area contributed by atoms with Gasteiger partial charge in [0, 0.05) is 6.42 Å². The Morgan fingerprint density at radius 1 is 1.75 bits per heavy atom. The van der Waals surface area contributed by atoms with Crippen molar-refractivity contribution in [2.75, 3.05) is 6.61 Å². The van der Waals surface area contributed by atoms with Crippen LogP contribution in [0.4, 0.5) is 0 Å². The summed E-state index contributed by atoms with van der Waals surface area (Å²) >= 11 is 2.71. The molecule has 0 radical (unpaired) electrons. The van der Waals surface area contributed by atoms with Crippen molar-refractivity contribution >= 4 is 22.2 Å². The number of rotatable bonds is 4. The molecule has 0 aromatic rings. The topological polar surface area (TPSA) is 46.5 Å². The van der Waals surface area contributed by atoms with Crippen LogP contribution in [0.3, 0.4) is 0 Å². The largest absolute Gasteiger partial charge is 0.481 e. The Kier molecular flexibility index (Phi) is 5.00. The summed E-state index contributed by atoms with van der Waals surface area (Å²) in [6.07, 6.45) is 0.728. The van der Waals surface area contributed by atoms with E-state index in [9.17, 15) is 4.79 Å². The van der Waals surface area contributed by atoms with Crippen LogP contribution in [0.15, 0.2) is 0 Å². The standard InChI is InChI=1S/C4H7BrO3/c5-8-3-1-2-4(6)7/h1-3H2,(H,6,7). The molecule has 0 spiro atoms. The average Bonchev–Trinajstić information content (AvgIpc) is 1.66. The summed E-state index contributed by atoms with van der Waals surface area (Å²) in [5.41, 5.74) is 0. The number of hydrogen-bond donors (Lipinski definition) is 1. The van der Waals surface area contributed by atoms with Crippen molar-refractivity contribution in [3.63, 3.8) is 0 Å². The number of hydrogen-bond acceptors (Lipinski definition) is 2. The summed E-state index contributed by atoms with van der Waals surface area (Å²) in [6.45, 7) is 0.451. The Bertz CT molecular complexity index is 73.7. The van der Waals surface area contributed by atoms with Gasteiger partial charge in [0.2, 0.25) is 0 Å². The normalized spacial score (nSPS) is 9.12. The molecule has 0 heterocycles. The Morgan fingerprint density at radius 2 is 2.38 bits per heavy atom. The average molecular weight is 183 g/mol. The van der Waals surface area contributed by atoms with Crippen LogP contribution < -0.4 is 0 Å². The van der Waals surface area contributed by atoms with Crippen LogP contribution in [-0.4, -0.2) is 17.7 Å². The minimum absolute atomic E-state index is 0.172. The van der Waals surface area contributed by atoms with Crippen LogP contribution >= 0.6 is 16.3 Å². The van der Waals surface area contributed by atoms with E-state index >= 15 is 0 Å². The molecule has 0 atom stereocenters. The molecule has 0 amide bonds. The highest BCUT2D eigenvalue weighted by atomic mass is 79.9. The van der Waals surface area contributed by atoms with Gasteiger partial charge in [0.25, 0.3) is 0 Å². The Hall–Kier alpha value is -0.0900. The van der Waals surface area contributed by atoms with Gasteiger partial charge in [-0.3, -0.25) is 4.79 Å². The van der Waals surface area contributed by atoms with Crippen LogP contribution in [0.2, 0.25) is 0 Å². The van der Waals surface area contributed by atoms with E-state index < -0.39 is 5.97 Å². The lowest BCUT2D eigenvalue weighted by Gasteiger charge is -1.89. The number of carboxylic acids is 1. The van der Waals surface area contributed by atoms with Gasteiger partial charge in [-0.15, -0.1) is 0 Å². The van der Waals surface area contributed by atoms with Gasteiger partial charge < -0.3 is 8.93 Å². The van der Waals surface area contributed by atoms with E-state index in [4.69, 9.17) is 5.11 Å². The van der Waals surface area contributed by atoms with E-state index in [1.54, 1.807) is 0 Å². The second kappa shape index (κ2) is 5.05. The van der Waals surface area contributed by atoms with Gasteiger partial charge in [-0.05, 0) is 6.42 Å². The fourth-order valence-corrected chi connectivity index (χ4v) is 0.507. The molecule has 3 nitrogen and oxygen atoms in total. The van der Waals surface area contributed by atoms with E-state index in [1.165, 1.54) is 0 Å². The van der Waals surface area contributed by atoms with Gasteiger partial charge in [-0.2, -0.15) is 0 Å². The molecule has 0 aliphatic rings. The first-order valence-electron chi connectivity index (χ1n) is 2.22. The van der Waals surface area contributed by atoms with Crippen molar-refractivity contribution in [1.82, 2.24) is 0 Å². The molecule has 0 bridgehead atoms. The number of aliphatic carboxylic acids is 1. The predicted octanol–water partition coefficient (Wildman–Crippen LogP) is 1.18. The zero-order chi connectivity index (χ0) is 6.41. The van der Waals surface area contributed by atoms with Gasteiger partial charge in [0.15, 0.2) is 0 Å². The lowest BCUT2D eigenvalue weighted by Crippen LogP contribution is -1.95. The minimum Gasteiger partial charge on any atom is -0.481 e. The fraction of sp³-hybridized carbons (Fsp3) is 0.750. The van der Waals surface area contributed by atoms with Crippen molar-refractivity contribution in [1.29, 1.82) is 0 Å². The summed E-state index contributed by atoms with van der Waals surface area (Å²) in [5, 5.41) is 8.07. The van der Waals surface area contributed by atoms with Crippen molar-refractivity contribution in [2.45, 2.75) is 12.8 Å². The predicted molar refractivity (Wildman–Crippen MR) is 31.7 cm³/mol. The van der Waals surface area contributed by atoms with Gasteiger partial charge in [0.05, 0.1) is 22.9 Å². The van der Waals surface area contributed by atoms with E-state index in [1.807, 2.05) is 0 Å². The molecule has 0 aromatic heterocycles. The summed E-state index contributed by atoms with van der Waals surface area (Å²) in [4.78, 5) is 9.80. The highest BCUT2D eigenvalue weighted by Gasteiger charge is 1.93. The third-order valence-electron chi connectivity index (χ3n) is 0.612. The lowest BCUT2D eigenvalue weighted by molar-refractivity contribution is -0.137. The molecule has 0 rings (SSSR count). The van der Waals surface area contributed by atoms with Crippen molar-refractivity contribution < 1.29 is 13.7 Å². The van der Waals surface area contributed by atoms with Crippen LogP contribution in [-0.2, 0) is 8.62 Å². The van der Waals surface area contributed by atoms with Crippen molar-refractivity contribution in [3.05, 3.63) is 0 Å². The van der Waals surface area contributed by atoms with E-state index in [-0.39, 0.29) is 6.42 Å². The zero-order valence-electron chi connectivity index (χ0n) is 4.26. The fourth-order valence-electron chi connectivity index (χ4n) is 0.278. The van der Waals surface area contributed by atoms with Gasteiger partial charge in [-0.25, -0.2) is 0 Å². The zero-order valence-corrected chi connectivity index (χ0v) is 5.85. The Morgan fingerprint density at radius 3 is 2.75 bits per heavy atom. The van der Waals surface area contributed by atoms with Crippen LogP contribution in [0.25, 0.3) is 0 Å².